The molecule has 0 aromatic heterocycles. The van der Waals surface area contributed by atoms with Gasteiger partial charge in [0.1, 0.15) is 6.29 Å². The van der Waals surface area contributed by atoms with E-state index >= 15 is 0 Å². The molecule has 0 atom stereocenters. The van der Waals surface area contributed by atoms with Gasteiger partial charge in [0.05, 0.1) is 0 Å². The minimum atomic E-state index is 0.635. The minimum Gasteiger partial charge on any atom is -0.359 e. The highest BCUT2D eigenvalue weighted by atomic mass is 16.1. The Morgan fingerprint density at radius 1 is 0.955 bits per heavy atom. The van der Waals surface area contributed by atoms with E-state index in [2.05, 4.69) is 60.4 Å². The lowest BCUT2D eigenvalue weighted by Crippen LogP contribution is -2.00. The Hall–Kier alpha value is -2.35. The smallest absolute Gasteiger partial charge is 0.120 e. The number of carbonyl (C=O) groups is 1. The number of allylic oxidation sites excluding steroid dienone is 1. The van der Waals surface area contributed by atoms with Gasteiger partial charge in [-0.05, 0) is 48.9 Å². The van der Waals surface area contributed by atoms with Crippen LogP contribution in [-0.4, -0.2) is 6.29 Å². The molecular formula is C20H23NO. The van der Waals surface area contributed by atoms with Crippen LogP contribution in [0, 0.1) is 0 Å². The SMILES string of the molecule is C=C(CCc1ccccc1)Nc1ccc(CCCC=O)cc1. The molecule has 2 rings (SSSR count). The lowest BCUT2D eigenvalue weighted by atomic mass is 10.1. The van der Waals surface area contributed by atoms with Crippen LogP contribution < -0.4 is 5.32 Å². The minimum absolute atomic E-state index is 0.635. The van der Waals surface area contributed by atoms with E-state index in [9.17, 15) is 4.79 Å². The molecule has 2 aromatic carbocycles. The van der Waals surface area contributed by atoms with Gasteiger partial charge < -0.3 is 10.1 Å². The molecular weight excluding hydrogens is 270 g/mol. The maximum Gasteiger partial charge on any atom is 0.120 e. The summed E-state index contributed by atoms with van der Waals surface area (Å²) in [6, 6.07) is 18.8. The third-order valence-electron chi connectivity index (χ3n) is 3.62. The lowest BCUT2D eigenvalue weighted by Gasteiger charge is -2.10. The summed E-state index contributed by atoms with van der Waals surface area (Å²) >= 11 is 0. The molecule has 0 amide bonds. The van der Waals surface area contributed by atoms with Gasteiger partial charge in [0, 0.05) is 17.8 Å². The molecule has 2 aromatic rings. The number of rotatable bonds is 9. The molecule has 2 nitrogen and oxygen atoms in total. The Balaban J connectivity index is 1.77. The van der Waals surface area contributed by atoms with Crippen molar-refractivity contribution in [1.82, 2.24) is 0 Å². The molecule has 0 spiro atoms. The Labute approximate surface area is 132 Å². The monoisotopic (exact) mass is 293 g/mol. The van der Waals surface area contributed by atoms with Crippen LogP contribution in [0.5, 0.6) is 0 Å². The third kappa shape index (κ3) is 5.57. The zero-order chi connectivity index (χ0) is 15.6. The van der Waals surface area contributed by atoms with E-state index in [1.807, 2.05) is 6.07 Å². The van der Waals surface area contributed by atoms with Gasteiger partial charge in [0.15, 0.2) is 0 Å². The molecule has 0 aliphatic heterocycles. The number of carbonyl (C=O) groups excluding carboxylic acids is 1. The summed E-state index contributed by atoms with van der Waals surface area (Å²) in [5.74, 6) is 0. The second-order valence-electron chi connectivity index (χ2n) is 5.47. The Kier molecular flexibility index (Phi) is 6.43. The highest BCUT2D eigenvalue weighted by Crippen LogP contribution is 2.15. The van der Waals surface area contributed by atoms with Crippen LogP contribution in [0.1, 0.15) is 30.4 Å². The summed E-state index contributed by atoms with van der Waals surface area (Å²) in [6.07, 6.45) is 5.40. The number of aryl methyl sites for hydroxylation is 2. The summed E-state index contributed by atoms with van der Waals surface area (Å²) in [5, 5.41) is 3.36. The number of hydrogen-bond donors (Lipinski definition) is 1. The van der Waals surface area contributed by atoms with Crippen LogP contribution in [0.3, 0.4) is 0 Å². The Morgan fingerprint density at radius 3 is 2.32 bits per heavy atom. The van der Waals surface area contributed by atoms with Gasteiger partial charge >= 0.3 is 0 Å². The quantitative estimate of drug-likeness (QED) is 0.533. The molecule has 0 fully saturated rings. The normalized spacial score (nSPS) is 10.2. The largest absolute Gasteiger partial charge is 0.359 e. The molecule has 0 radical (unpaired) electrons. The maximum atomic E-state index is 10.3. The highest BCUT2D eigenvalue weighted by Gasteiger charge is 1.99. The van der Waals surface area contributed by atoms with Crippen molar-refractivity contribution in [1.29, 1.82) is 0 Å². The first-order valence-electron chi connectivity index (χ1n) is 7.79. The number of anilines is 1. The van der Waals surface area contributed by atoms with E-state index in [0.29, 0.717) is 6.42 Å². The van der Waals surface area contributed by atoms with Crippen molar-refractivity contribution < 1.29 is 4.79 Å². The van der Waals surface area contributed by atoms with Crippen LogP contribution in [-0.2, 0) is 17.6 Å². The summed E-state index contributed by atoms with van der Waals surface area (Å²) in [7, 11) is 0. The van der Waals surface area contributed by atoms with Crippen molar-refractivity contribution in [3.8, 4) is 0 Å². The number of hydrogen-bond acceptors (Lipinski definition) is 2. The summed E-state index contributed by atoms with van der Waals surface area (Å²) in [5.41, 5.74) is 4.69. The van der Waals surface area contributed by atoms with Crippen LogP contribution >= 0.6 is 0 Å². The van der Waals surface area contributed by atoms with E-state index in [0.717, 1.165) is 43.4 Å². The Morgan fingerprint density at radius 2 is 1.64 bits per heavy atom. The molecule has 22 heavy (non-hydrogen) atoms. The molecule has 0 saturated heterocycles. The zero-order valence-electron chi connectivity index (χ0n) is 12.9. The van der Waals surface area contributed by atoms with Gasteiger partial charge in [0.25, 0.3) is 0 Å². The fourth-order valence-electron chi connectivity index (χ4n) is 2.35. The first-order chi connectivity index (χ1) is 10.8. The molecule has 2 heteroatoms. The van der Waals surface area contributed by atoms with Crippen LogP contribution in [0.2, 0.25) is 0 Å². The second-order valence-corrected chi connectivity index (χ2v) is 5.47. The molecule has 0 aliphatic carbocycles. The van der Waals surface area contributed by atoms with Crippen molar-refractivity contribution in [3.05, 3.63) is 78.0 Å². The van der Waals surface area contributed by atoms with E-state index in [1.54, 1.807) is 0 Å². The van der Waals surface area contributed by atoms with Gasteiger partial charge in [-0.25, -0.2) is 0 Å². The van der Waals surface area contributed by atoms with Crippen molar-refractivity contribution >= 4 is 12.0 Å². The highest BCUT2D eigenvalue weighted by molar-refractivity contribution is 5.50. The molecule has 0 bridgehead atoms. The first-order valence-corrected chi connectivity index (χ1v) is 7.79. The molecule has 1 N–H and O–H groups in total. The molecule has 0 unspecified atom stereocenters. The number of unbranched alkanes of at least 4 members (excludes halogenated alkanes) is 1. The standard InChI is InChI=1S/C20H23NO/c1-17(10-11-18-7-3-2-4-8-18)21-20-14-12-19(13-15-20)9-5-6-16-22/h2-4,7-8,12-16,21H,1,5-6,9-11H2. The zero-order valence-corrected chi connectivity index (χ0v) is 12.9. The van der Waals surface area contributed by atoms with Gasteiger partial charge in [-0.15, -0.1) is 0 Å². The summed E-state index contributed by atoms with van der Waals surface area (Å²) in [6.45, 7) is 4.10. The predicted molar refractivity (Wildman–Crippen MR) is 93.0 cm³/mol. The van der Waals surface area contributed by atoms with Crippen molar-refractivity contribution in [2.24, 2.45) is 0 Å². The van der Waals surface area contributed by atoms with Crippen LogP contribution in [0.15, 0.2) is 66.9 Å². The van der Waals surface area contributed by atoms with Crippen LogP contribution in [0.4, 0.5) is 5.69 Å². The summed E-state index contributed by atoms with van der Waals surface area (Å²) < 4.78 is 0. The van der Waals surface area contributed by atoms with Gasteiger partial charge in [-0.3, -0.25) is 0 Å². The average molecular weight is 293 g/mol. The lowest BCUT2D eigenvalue weighted by molar-refractivity contribution is -0.107. The molecule has 0 aliphatic rings. The number of benzene rings is 2. The fourth-order valence-corrected chi connectivity index (χ4v) is 2.35. The summed E-state index contributed by atoms with van der Waals surface area (Å²) in [4.78, 5) is 10.3. The van der Waals surface area contributed by atoms with E-state index < -0.39 is 0 Å². The topological polar surface area (TPSA) is 29.1 Å². The first kappa shape index (κ1) is 16.0. The maximum absolute atomic E-state index is 10.3. The third-order valence-corrected chi connectivity index (χ3v) is 3.62. The molecule has 114 valence electrons. The van der Waals surface area contributed by atoms with Crippen molar-refractivity contribution in [2.75, 3.05) is 5.32 Å². The van der Waals surface area contributed by atoms with E-state index in [-0.39, 0.29) is 0 Å². The van der Waals surface area contributed by atoms with Gasteiger partial charge in [-0.1, -0.05) is 49.0 Å². The van der Waals surface area contributed by atoms with E-state index in [4.69, 9.17) is 0 Å². The van der Waals surface area contributed by atoms with Gasteiger partial charge in [-0.2, -0.15) is 0 Å². The fraction of sp³-hybridized carbons (Fsp3) is 0.250. The van der Waals surface area contributed by atoms with Crippen LogP contribution in [0.25, 0.3) is 0 Å². The average Bonchev–Trinajstić information content (AvgIpc) is 2.56. The van der Waals surface area contributed by atoms with Gasteiger partial charge in [0.2, 0.25) is 0 Å². The van der Waals surface area contributed by atoms with Crippen molar-refractivity contribution in [2.45, 2.75) is 32.1 Å². The number of nitrogens with one attached hydrogen (secondary N) is 1. The second kappa shape index (κ2) is 8.83. The van der Waals surface area contributed by atoms with E-state index in [1.165, 1.54) is 11.1 Å². The predicted octanol–water partition coefficient (Wildman–Crippen LogP) is 4.77. The van der Waals surface area contributed by atoms with Crippen molar-refractivity contribution in [3.63, 3.8) is 0 Å². The number of aldehydes is 1. The molecule has 0 saturated carbocycles. The molecule has 0 heterocycles. The Bertz CT molecular complexity index is 587.